The van der Waals surface area contributed by atoms with Crippen LogP contribution in [0.25, 0.3) is 0 Å². The summed E-state index contributed by atoms with van der Waals surface area (Å²) in [4.78, 5) is 31.6. The highest BCUT2D eigenvalue weighted by Gasteiger charge is 2.45. The minimum Gasteiger partial charge on any atom is -0.457 e. The molecule has 1 rings (SSSR count). The Bertz CT molecular complexity index is 563. The molecule has 24 heavy (non-hydrogen) atoms. The zero-order valence-electron chi connectivity index (χ0n) is 13.2. The Morgan fingerprint density at radius 2 is 1.75 bits per heavy atom. The van der Waals surface area contributed by atoms with Gasteiger partial charge in [-0.15, -0.1) is 0 Å². The van der Waals surface area contributed by atoms with E-state index in [0.29, 0.717) is 0 Å². The zero-order valence-corrected chi connectivity index (χ0v) is 13.2. The van der Waals surface area contributed by atoms with Gasteiger partial charge in [-0.05, 0) is 0 Å². The summed E-state index contributed by atoms with van der Waals surface area (Å²) in [5.74, 6) is -1.74. The van der Waals surface area contributed by atoms with E-state index in [1.165, 1.54) is 12.0 Å². The molecule has 0 saturated heterocycles. The Hall–Kier alpha value is -2.92. The smallest absolute Gasteiger partial charge is 0.330 e. The van der Waals surface area contributed by atoms with E-state index in [1.54, 1.807) is 0 Å². The number of nitrogens with two attached hydrogens (primary N) is 3. The Morgan fingerprint density at radius 3 is 2.12 bits per heavy atom. The van der Waals surface area contributed by atoms with Crippen LogP contribution in [-0.4, -0.2) is 61.1 Å². The van der Waals surface area contributed by atoms with Crippen molar-refractivity contribution in [3.05, 3.63) is 25.3 Å². The van der Waals surface area contributed by atoms with E-state index in [1.807, 2.05) is 0 Å². The first-order chi connectivity index (χ1) is 11.3. The number of nitrogens with zero attached hydrogens (tertiary/aromatic N) is 3. The molecule has 132 valence electrons. The second-order valence-electron chi connectivity index (χ2n) is 4.51. The van der Waals surface area contributed by atoms with Crippen LogP contribution in [0.5, 0.6) is 0 Å². The van der Waals surface area contributed by atoms with Crippen molar-refractivity contribution in [1.29, 1.82) is 0 Å². The molecule has 0 aromatic heterocycles. The monoisotopic (exact) mass is 340 g/mol. The largest absolute Gasteiger partial charge is 0.457 e. The molecular weight excluding hydrogens is 320 g/mol. The molecule has 0 spiro atoms. The standard InChI is InChI=1S/C13H20N6O5/c1-4-8(20)23-6-13(22-3,7-24-9(21)5-2)19-11(15)17-10(14)18-12(19)16/h4-5,11H,1-2,6-7,15H2,3H3,(H4,14,16,17,18). The molecule has 0 saturated carbocycles. The van der Waals surface area contributed by atoms with Gasteiger partial charge in [0.2, 0.25) is 17.6 Å². The van der Waals surface area contributed by atoms with Gasteiger partial charge < -0.3 is 25.7 Å². The molecule has 0 aromatic rings. The highest BCUT2D eigenvalue weighted by molar-refractivity contribution is 5.95. The van der Waals surface area contributed by atoms with E-state index >= 15 is 0 Å². The summed E-state index contributed by atoms with van der Waals surface area (Å²) in [6, 6.07) is 0. The molecule has 0 aromatic carbocycles. The van der Waals surface area contributed by atoms with Gasteiger partial charge in [0.05, 0.1) is 0 Å². The molecular formula is C13H20N6O5. The lowest BCUT2D eigenvalue weighted by atomic mass is 10.2. The van der Waals surface area contributed by atoms with Crippen LogP contribution in [0.15, 0.2) is 35.3 Å². The van der Waals surface area contributed by atoms with Gasteiger partial charge in [-0.1, -0.05) is 13.2 Å². The van der Waals surface area contributed by atoms with Crippen LogP contribution >= 0.6 is 0 Å². The van der Waals surface area contributed by atoms with Gasteiger partial charge in [0.15, 0.2) is 6.29 Å². The lowest BCUT2D eigenvalue weighted by Crippen LogP contribution is -2.67. The maximum absolute atomic E-state index is 11.4. The number of ether oxygens (including phenoxy) is 3. The third kappa shape index (κ3) is 4.30. The summed E-state index contributed by atoms with van der Waals surface area (Å²) in [7, 11) is 1.28. The second kappa shape index (κ2) is 8.08. The van der Waals surface area contributed by atoms with Crippen LogP contribution in [0.1, 0.15) is 0 Å². The van der Waals surface area contributed by atoms with Crippen LogP contribution < -0.4 is 17.2 Å². The minimum atomic E-state index is -1.59. The summed E-state index contributed by atoms with van der Waals surface area (Å²) in [6.07, 6.45) is 0.812. The van der Waals surface area contributed by atoms with E-state index < -0.39 is 37.2 Å². The molecule has 1 aliphatic rings. The van der Waals surface area contributed by atoms with Gasteiger partial charge in [-0.25, -0.2) is 14.6 Å². The highest BCUT2D eigenvalue weighted by Crippen LogP contribution is 2.22. The molecule has 0 bridgehead atoms. The SMILES string of the molecule is C=CC(=O)OCC(COC(=O)C=C)(OC)N1C(N)=NC(N)=NC1N. The first-order valence-corrected chi connectivity index (χ1v) is 6.65. The maximum atomic E-state index is 11.4. The number of carbonyl (C=O) groups excluding carboxylic acids is 2. The molecule has 1 heterocycles. The van der Waals surface area contributed by atoms with Crippen molar-refractivity contribution in [2.45, 2.75) is 12.0 Å². The number of esters is 2. The van der Waals surface area contributed by atoms with Gasteiger partial charge in [-0.2, -0.15) is 4.99 Å². The Labute approximate surface area is 138 Å². The molecule has 0 radical (unpaired) electrons. The van der Waals surface area contributed by atoms with E-state index in [-0.39, 0.29) is 11.9 Å². The van der Waals surface area contributed by atoms with Crippen molar-refractivity contribution in [3.8, 4) is 0 Å². The molecule has 11 nitrogen and oxygen atoms in total. The number of hydrogen-bond acceptors (Lipinski definition) is 11. The number of guanidine groups is 2. The average Bonchev–Trinajstić information content (AvgIpc) is 2.55. The van der Waals surface area contributed by atoms with Crippen molar-refractivity contribution in [2.75, 3.05) is 20.3 Å². The Balaban J connectivity index is 3.16. The van der Waals surface area contributed by atoms with Gasteiger partial charge >= 0.3 is 11.9 Å². The van der Waals surface area contributed by atoms with Crippen LogP contribution in [0.4, 0.5) is 0 Å². The van der Waals surface area contributed by atoms with Gasteiger partial charge in [0.1, 0.15) is 13.2 Å². The maximum Gasteiger partial charge on any atom is 0.330 e. The lowest BCUT2D eigenvalue weighted by Gasteiger charge is -2.44. The van der Waals surface area contributed by atoms with Crippen molar-refractivity contribution >= 4 is 23.9 Å². The van der Waals surface area contributed by atoms with Crippen LogP contribution in [0.3, 0.4) is 0 Å². The molecule has 1 atom stereocenters. The fourth-order valence-corrected chi connectivity index (χ4v) is 1.86. The summed E-state index contributed by atoms with van der Waals surface area (Å²) < 4.78 is 15.4. The molecule has 0 aliphatic carbocycles. The first-order valence-electron chi connectivity index (χ1n) is 6.65. The van der Waals surface area contributed by atoms with E-state index in [9.17, 15) is 9.59 Å². The Kier molecular flexibility index (Phi) is 6.44. The third-order valence-corrected chi connectivity index (χ3v) is 3.04. The predicted octanol–water partition coefficient (Wildman–Crippen LogP) is -2.03. The van der Waals surface area contributed by atoms with E-state index in [0.717, 1.165) is 12.2 Å². The summed E-state index contributed by atoms with van der Waals surface area (Å²) in [5, 5.41) is 0. The predicted molar refractivity (Wildman–Crippen MR) is 85.1 cm³/mol. The summed E-state index contributed by atoms with van der Waals surface area (Å²) >= 11 is 0. The fraction of sp³-hybridized carbons (Fsp3) is 0.385. The minimum absolute atomic E-state index is 0.132. The molecule has 0 fully saturated rings. The number of methoxy groups -OCH3 is 1. The van der Waals surface area contributed by atoms with Crippen molar-refractivity contribution < 1.29 is 23.8 Å². The van der Waals surface area contributed by atoms with Gasteiger partial charge in [-0.3, -0.25) is 10.6 Å². The number of carbonyl (C=O) groups is 2. The molecule has 11 heteroatoms. The van der Waals surface area contributed by atoms with E-state index in [4.69, 9.17) is 31.4 Å². The van der Waals surface area contributed by atoms with Gasteiger partial charge in [0, 0.05) is 19.3 Å². The normalized spacial score (nSPS) is 17.4. The lowest BCUT2D eigenvalue weighted by molar-refractivity contribution is -0.195. The topological polar surface area (TPSA) is 168 Å². The van der Waals surface area contributed by atoms with Gasteiger partial charge in [0.25, 0.3) is 0 Å². The third-order valence-electron chi connectivity index (χ3n) is 3.04. The van der Waals surface area contributed by atoms with Crippen LogP contribution in [-0.2, 0) is 23.8 Å². The number of hydrogen-bond donors (Lipinski definition) is 3. The number of rotatable bonds is 8. The molecule has 1 aliphatic heterocycles. The van der Waals surface area contributed by atoms with Crippen LogP contribution in [0.2, 0.25) is 0 Å². The first kappa shape index (κ1) is 19.1. The highest BCUT2D eigenvalue weighted by atomic mass is 16.6. The Morgan fingerprint density at radius 1 is 1.25 bits per heavy atom. The molecule has 0 amide bonds. The second-order valence-corrected chi connectivity index (χ2v) is 4.51. The van der Waals surface area contributed by atoms with E-state index in [2.05, 4.69) is 23.1 Å². The molecule has 6 N–H and O–H groups in total. The summed E-state index contributed by atoms with van der Waals surface area (Å²) in [5.41, 5.74) is 15.6. The van der Waals surface area contributed by atoms with Crippen molar-refractivity contribution in [2.24, 2.45) is 27.2 Å². The van der Waals surface area contributed by atoms with Crippen LogP contribution in [0, 0.1) is 0 Å². The fourth-order valence-electron chi connectivity index (χ4n) is 1.86. The molecule has 1 unspecified atom stereocenters. The van der Waals surface area contributed by atoms with Crippen molar-refractivity contribution in [3.63, 3.8) is 0 Å². The zero-order chi connectivity index (χ0) is 18.3. The summed E-state index contributed by atoms with van der Waals surface area (Å²) in [6.45, 7) is 5.77. The van der Waals surface area contributed by atoms with Crippen molar-refractivity contribution in [1.82, 2.24) is 4.90 Å². The average molecular weight is 340 g/mol. The number of aliphatic imine (C=N–C) groups is 2. The quantitative estimate of drug-likeness (QED) is 0.333.